The van der Waals surface area contributed by atoms with Crippen molar-refractivity contribution in [2.45, 2.75) is 51.4 Å². The molecule has 0 radical (unpaired) electrons. The van der Waals surface area contributed by atoms with E-state index in [1.807, 2.05) is 13.8 Å². The second kappa shape index (κ2) is 6.43. The maximum atomic E-state index is 5.77. The van der Waals surface area contributed by atoms with E-state index in [1.54, 1.807) is 0 Å². The molecular formula is C11H23NO3. The lowest BCUT2D eigenvalue weighted by Crippen LogP contribution is -2.51. The third-order valence-electron chi connectivity index (χ3n) is 2.81. The minimum absolute atomic E-state index is 0.0175. The molecule has 1 unspecified atom stereocenters. The molecule has 0 aromatic heterocycles. The molecule has 0 bridgehead atoms. The SMILES string of the molecule is CCOC1(OCC)CCCCC1OCN. The summed E-state index contributed by atoms with van der Waals surface area (Å²) in [6.07, 6.45) is 4.14. The van der Waals surface area contributed by atoms with Crippen molar-refractivity contribution in [3.63, 3.8) is 0 Å². The minimum Gasteiger partial charge on any atom is -0.358 e. The van der Waals surface area contributed by atoms with Crippen LogP contribution in [0.15, 0.2) is 0 Å². The summed E-state index contributed by atoms with van der Waals surface area (Å²) in [6.45, 7) is 5.48. The van der Waals surface area contributed by atoms with Gasteiger partial charge in [-0.25, -0.2) is 0 Å². The van der Waals surface area contributed by atoms with Crippen molar-refractivity contribution in [3.8, 4) is 0 Å². The Bertz CT molecular complexity index is 162. The van der Waals surface area contributed by atoms with E-state index in [1.165, 1.54) is 0 Å². The van der Waals surface area contributed by atoms with Gasteiger partial charge in [-0.05, 0) is 26.7 Å². The topological polar surface area (TPSA) is 53.7 Å². The lowest BCUT2D eigenvalue weighted by Gasteiger charge is -2.42. The molecule has 0 saturated heterocycles. The van der Waals surface area contributed by atoms with Gasteiger partial charge in [0.2, 0.25) is 0 Å². The summed E-state index contributed by atoms with van der Waals surface area (Å²) in [5.74, 6) is -0.554. The molecule has 0 heterocycles. The molecule has 0 spiro atoms. The smallest absolute Gasteiger partial charge is 0.194 e. The average molecular weight is 217 g/mol. The van der Waals surface area contributed by atoms with Crippen LogP contribution in [0.3, 0.4) is 0 Å². The van der Waals surface area contributed by atoms with E-state index >= 15 is 0 Å². The average Bonchev–Trinajstić information content (AvgIpc) is 2.23. The first-order valence-electron chi connectivity index (χ1n) is 5.88. The highest BCUT2D eigenvalue weighted by Gasteiger charge is 2.43. The maximum absolute atomic E-state index is 5.77. The molecule has 1 aliphatic rings. The predicted molar refractivity (Wildman–Crippen MR) is 58.4 cm³/mol. The first kappa shape index (κ1) is 12.9. The molecule has 2 N–H and O–H groups in total. The van der Waals surface area contributed by atoms with E-state index < -0.39 is 5.79 Å². The summed E-state index contributed by atoms with van der Waals surface area (Å²) in [7, 11) is 0. The predicted octanol–water partition coefficient (Wildman–Crippen LogP) is 1.63. The Kier molecular flexibility index (Phi) is 5.53. The standard InChI is InChI=1S/C11H23NO3/c1-3-14-11(15-4-2)8-6-5-7-10(11)13-9-12/h10H,3-9,12H2,1-2H3. The van der Waals surface area contributed by atoms with Crippen LogP contribution in [0.25, 0.3) is 0 Å². The molecule has 15 heavy (non-hydrogen) atoms. The van der Waals surface area contributed by atoms with E-state index in [9.17, 15) is 0 Å². The van der Waals surface area contributed by atoms with E-state index in [0.29, 0.717) is 13.2 Å². The molecule has 4 heteroatoms. The van der Waals surface area contributed by atoms with Crippen LogP contribution in [0.5, 0.6) is 0 Å². The highest BCUT2D eigenvalue weighted by Crippen LogP contribution is 2.35. The number of rotatable bonds is 6. The fourth-order valence-corrected chi connectivity index (χ4v) is 2.27. The van der Waals surface area contributed by atoms with Crippen LogP contribution in [0.2, 0.25) is 0 Å². The van der Waals surface area contributed by atoms with Gasteiger partial charge in [0.1, 0.15) is 6.10 Å². The van der Waals surface area contributed by atoms with Crippen LogP contribution in [0.1, 0.15) is 39.5 Å². The zero-order valence-corrected chi connectivity index (χ0v) is 9.83. The van der Waals surface area contributed by atoms with Crippen molar-refractivity contribution in [2.75, 3.05) is 19.9 Å². The molecule has 0 amide bonds. The van der Waals surface area contributed by atoms with Gasteiger partial charge in [-0.15, -0.1) is 0 Å². The van der Waals surface area contributed by atoms with Gasteiger partial charge in [0.05, 0.1) is 6.73 Å². The van der Waals surface area contributed by atoms with Gasteiger partial charge in [0, 0.05) is 19.6 Å². The Balaban J connectivity index is 2.68. The van der Waals surface area contributed by atoms with Crippen LogP contribution in [-0.4, -0.2) is 31.8 Å². The normalized spacial score (nSPS) is 25.4. The Morgan fingerprint density at radius 1 is 1.20 bits per heavy atom. The second-order valence-corrected chi connectivity index (χ2v) is 3.75. The molecular weight excluding hydrogens is 194 g/mol. The summed E-state index contributed by atoms with van der Waals surface area (Å²) < 4.78 is 17.1. The first-order chi connectivity index (χ1) is 7.29. The van der Waals surface area contributed by atoms with Gasteiger partial charge in [0.25, 0.3) is 0 Å². The lowest BCUT2D eigenvalue weighted by atomic mass is 9.91. The van der Waals surface area contributed by atoms with Crippen LogP contribution in [0, 0.1) is 0 Å². The van der Waals surface area contributed by atoms with Gasteiger partial charge in [-0.1, -0.05) is 6.42 Å². The van der Waals surface area contributed by atoms with Crippen LogP contribution in [-0.2, 0) is 14.2 Å². The van der Waals surface area contributed by atoms with Crippen molar-refractivity contribution in [1.82, 2.24) is 0 Å². The molecule has 90 valence electrons. The second-order valence-electron chi connectivity index (χ2n) is 3.75. The summed E-state index contributed by atoms with van der Waals surface area (Å²) in [5.41, 5.74) is 5.44. The van der Waals surface area contributed by atoms with Crippen molar-refractivity contribution in [2.24, 2.45) is 5.73 Å². The monoisotopic (exact) mass is 217 g/mol. The highest BCUT2D eigenvalue weighted by molar-refractivity contribution is 4.85. The zero-order chi connectivity index (χ0) is 11.1. The third kappa shape index (κ3) is 3.14. The summed E-state index contributed by atoms with van der Waals surface area (Å²) >= 11 is 0. The number of hydrogen-bond donors (Lipinski definition) is 1. The maximum Gasteiger partial charge on any atom is 0.194 e. The molecule has 1 fully saturated rings. The molecule has 0 aromatic rings. The van der Waals surface area contributed by atoms with Gasteiger partial charge in [-0.2, -0.15) is 0 Å². The largest absolute Gasteiger partial charge is 0.358 e. The summed E-state index contributed by atoms with van der Waals surface area (Å²) in [4.78, 5) is 0. The Morgan fingerprint density at radius 3 is 2.40 bits per heavy atom. The minimum atomic E-state index is -0.554. The van der Waals surface area contributed by atoms with E-state index in [-0.39, 0.29) is 12.8 Å². The summed E-state index contributed by atoms with van der Waals surface area (Å²) in [6, 6.07) is 0. The lowest BCUT2D eigenvalue weighted by molar-refractivity contribution is -0.301. The quantitative estimate of drug-likeness (QED) is 0.687. The first-order valence-corrected chi connectivity index (χ1v) is 5.88. The molecule has 1 saturated carbocycles. The van der Waals surface area contributed by atoms with Crippen LogP contribution < -0.4 is 5.73 Å². The number of nitrogens with two attached hydrogens (primary N) is 1. The Hall–Kier alpha value is -0.160. The van der Waals surface area contributed by atoms with Crippen molar-refractivity contribution >= 4 is 0 Å². The van der Waals surface area contributed by atoms with E-state index in [0.717, 1.165) is 25.7 Å². The number of ether oxygens (including phenoxy) is 3. The fourth-order valence-electron chi connectivity index (χ4n) is 2.27. The summed E-state index contributed by atoms with van der Waals surface area (Å²) in [5, 5.41) is 0. The molecule has 1 atom stereocenters. The van der Waals surface area contributed by atoms with Crippen LogP contribution >= 0.6 is 0 Å². The van der Waals surface area contributed by atoms with Gasteiger partial charge in [-0.3, -0.25) is 0 Å². The van der Waals surface area contributed by atoms with Crippen molar-refractivity contribution in [3.05, 3.63) is 0 Å². The number of hydrogen-bond acceptors (Lipinski definition) is 4. The third-order valence-corrected chi connectivity index (χ3v) is 2.81. The van der Waals surface area contributed by atoms with Gasteiger partial charge >= 0.3 is 0 Å². The molecule has 1 aliphatic carbocycles. The van der Waals surface area contributed by atoms with Crippen LogP contribution in [0.4, 0.5) is 0 Å². The van der Waals surface area contributed by atoms with Gasteiger partial charge < -0.3 is 19.9 Å². The molecule has 0 aliphatic heterocycles. The zero-order valence-electron chi connectivity index (χ0n) is 9.83. The molecule has 1 rings (SSSR count). The Morgan fingerprint density at radius 2 is 1.87 bits per heavy atom. The van der Waals surface area contributed by atoms with Crippen molar-refractivity contribution < 1.29 is 14.2 Å². The molecule has 4 nitrogen and oxygen atoms in total. The fraction of sp³-hybridized carbons (Fsp3) is 1.00. The highest BCUT2D eigenvalue weighted by atomic mass is 16.7. The van der Waals surface area contributed by atoms with Crippen molar-refractivity contribution in [1.29, 1.82) is 0 Å². The van der Waals surface area contributed by atoms with Gasteiger partial charge in [0.15, 0.2) is 5.79 Å². The Labute approximate surface area is 92.1 Å². The van der Waals surface area contributed by atoms with E-state index in [4.69, 9.17) is 19.9 Å². The van der Waals surface area contributed by atoms with E-state index in [2.05, 4.69) is 0 Å². The molecule has 0 aromatic carbocycles.